The predicted octanol–water partition coefficient (Wildman–Crippen LogP) is 3.52. The number of aryl methyl sites for hydroxylation is 1. The Morgan fingerprint density at radius 1 is 1.35 bits per heavy atom. The summed E-state index contributed by atoms with van der Waals surface area (Å²) >= 11 is 0. The SMILES string of the molecule is CCNCC1CCCCN(C)C1c1cc(C)ccc1F. The number of nitrogens with one attached hydrogen (secondary N) is 1. The molecule has 3 heteroatoms. The zero-order valence-corrected chi connectivity index (χ0v) is 13.0. The van der Waals surface area contributed by atoms with Gasteiger partial charge in [-0.1, -0.05) is 31.0 Å². The van der Waals surface area contributed by atoms with Crippen molar-refractivity contribution in [2.45, 2.75) is 39.2 Å². The maximum absolute atomic E-state index is 14.3. The Balaban J connectivity index is 2.31. The van der Waals surface area contributed by atoms with Crippen molar-refractivity contribution in [3.8, 4) is 0 Å². The van der Waals surface area contributed by atoms with Gasteiger partial charge in [0.15, 0.2) is 0 Å². The van der Waals surface area contributed by atoms with E-state index < -0.39 is 0 Å². The van der Waals surface area contributed by atoms with Crippen molar-refractivity contribution in [3.05, 3.63) is 35.1 Å². The number of likely N-dealkylation sites (tertiary alicyclic amines) is 1. The summed E-state index contributed by atoms with van der Waals surface area (Å²) in [5.74, 6) is 0.426. The lowest BCUT2D eigenvalue weighted by molar-refractivity contribution is 0.185. The zero-order chi connectivity index (χ0) is 14.5. The van der Waals surface area contributed by atoms with E-state index in [2.05, 4.69) is 24.2 Å². The van der Waals surface area contributed by atoms with Crippen molar-refractivity contribution in [2.75, 3.05) is 26.7 Å². The maximum Gasteiger partial charge on any atom is 0.128 e. The van der Waals surface area contributed by atoms with E-state index in [4.69, 9.17) is 0 Å². The van der Waals surface area contributed by atoms with Crippen molar-refractivity contribution in [1.29, 1.82) is 0 Å². The Morgan fingerprint density at radius 3 is 2.90 bits per heavy atom. The molecule has 1 aromatic carbocycles. The molecule has 0 amide bonds. The van der Waals surface area contributed by atoms with E-state index in [1.54, 1.807) is 6.07 Å². The standard InChI is InChI=1S/C17H27FN2/c1-4-19-12-14-7-5-6-10-20(3)17(14)15-11-13(2)8-9-16(15)18/h8-9,11,14,17,19H,4-7,10,12H2,1-3H3. The monoisotopic (exact) mass is 278 g/mol. The molecular formula is C17H27FN2. The van der Waals surface area contributed by atoms with Crippen LogP contribution in [0.25, 0.3) is 0 Å². The van der Waals surface area contributed by atoms with Crippen molar-refractivity contribution < 1.29 is 4.39 Å². The highest BCUT2D eigenvalue weighted by Gasteiger charge is 2.30. The summed E-state index contributed by atoms with van der Waals surface area (Å²) in [4.78, 5) is 2.34. The molecular weight excluding hydrogens is 251 g/mol. The van der Waals surface area contributed by atoms with E-state index in [-0.39, 0.29) is 11.9 Å². The molecule has 0 radical (unpaired) electrons. The van der Waals surface area contributed by atoms with Crippen LogP contribution in [-0.4, -0.2) is 31.6 Å². The summed E-state index contributed by atoms with van der Waals surface area (Å²) < 4.78 is 14.3. The van der Waals surface area contributed by atoms with Gasteiger partial charge >= 0.3 is 0 Å². The third-order valence-corrected chi connectivity index (χ3v) is 4.38. The van der Waals surface area contributed by atoms with Gasteiger partial charge in [-0.25, -0.2) is 4.39 Å². The van der Waals surface area contributed by atoms with E-state index in [1.165, 1.54) is 19.3 Å². The van der Waals surface area contributed by atoms with Crippen molar-refractivity contribution in [2.24, 2.45) is 5.92 Å². The average molecular weight is 278 g/mol. The fourth-order valence-corrected chi connectivity index (χ4v) is 3.35. The van der Waals surface area contributed by atoms with Crippen LogP contribution < -0.4 is 5.32 Å². The van der Waals surface area contributed by atoms with Crippen LogP contribution in [-0.2, 0) is 0 Å². The van der Waals surface area contributed by atoms with Crippen molar-refractivity contribution in [1.82, 2.24) is 10.2 Å². The highest BCUT2D eigenvalue weighted by atomic mass is 19.1. The zero-order valence-electron chi connectivity index (χ0n) is 13.0. The quantitative estimate of drug-likeness (QED) is 0.906. The molecule has 1 aliphatic heterocycles. The Kier molecular flexibility index (Phi) is 5.55. The first-order chi connectivity index (χ1) is 9.63. The first-order valence-electron chi connectivity index (χ1n) is 7.80. The highest BCUT2D eigenvalue weighted by Crippen LogP contribution is 2.35. The Morgan fingerprint density at radius 2 is 2.15 bits per heavy atom. The fraction of sp³-hybridized carbons (Fsp3) is 0.647. The van der Waals surface area contributed by atoms with Gasteiger partial charge in [0.1, 0.15) is 5.82 Å². The second-order valence-electron chi connectivity index (χ2n) is 6.01. The molecule has 0 spiro atoms. The van der Waals surface area contributed by atoms with Crippen LogP contribution in [0.4, 0.5) is 4.39 Å². The van der Waals surface area contributed by atoms with E-state index in [9.17, 15) is 4.39 Å². The van der Waals surface area contributed by atoms with Crippen LogP contribution in [0.5, 0.6) is 0 Å². The Labute approximate surface area is 122 Å². The smallest absolute Gasteiger partial charge is 0.128 e. The van der Waals surface area contributed by atoms with Crippen LogP contribution >= 0.6 is 0 Å². The molecule has 2 unspecified atom stereocenters. The third-order valence-electron chi connectivity index (χ3n) is 4.38. The number of benzene rings is 1. The van der Waals surface area contributed by atoms with E-state index >= 15 is 0 Å². The van der Waals surface area contributed by atoms with Gasteiger partial charge in [0.2, 0.25) is 0 Å². The minimum absolute atomic E-state index is 0.0594. The summed E-state index contributed by atoms with van der Waals surface area (Å²) in [5.41, 5.74) is 2.01. The lowest BCUT2D eigenvalue weighted by atomic mass is 9.88. The predicted molar refractivity (Wildman–Crippen MR) is 82.4 cm³/mol. The molecule has 0 aliphatic carbocycles. The summed E-state index contributed by atoms with van der Waals surface area (Å²) in [6.07, 6.45) is 3.63. The van der Waals surface area contributed by atoms with Gasteiger partial charge in [0.05, 0.1) is 0 Å². The largest absolute Gasteiger partial charge is 0.317 e. The summed E-state index contributed by atoms with van der Waals surface area (Å²) in [7, 11) is 2.14. The molecule has 2 atom stereocenters. The molecule has 1 aliphatic rings. The number of halogens is 1. The van der Waals surface area contributed by atoms with Gasteiger partial charge < -0.3 is 5.32 Å². The molecule has 20 heavy (non-hydrogen) atoms. The lowest BCUT2D eigenvalue weighted by Crippen LogP contribution is -2.35. The molecule has 0 saturated carbocycles. The molecule has 0 aromatic heterocycles. The normalized spacial score (nSPS) is 24.6. The summed E-state index contributed by atoms with van der Waals surface area (Å²) in [5, 5.41) is 3.45. The van der Waals surface area contributed by atoms with Gasteiger partial charge in [-0.3, -0.25) is 4.90 Å². The number of hydrogen-bond donors (Lipinski definition) is 1. The molecule has 2 rings (SSSR count). The highest BCUT2D eigenvalue weighted by molar-refractivity contribution is 5.27. The van der Waals surface area contributed by atoms with Gasteiger partial charge in [0.25, 0.3) is 0 Å². The summed E-state index contributed by atoms with van der Waals surface area (Å²) in [6.45, 7) is 7.17. The number of nitrogens with zero attached hydrogens (tertiary/aromatic N) is 1. The number of rotatable bonds is 4. The molecule has 1 fully saturated rings. The van der Waals surface area contributed by atoms with Gasteiger partial charge in [-0.05, 0) is 58.4 Å². The van der Waals surface area contributed by atoms with Crippen LogP contribution in [0.15, 0.2) is 18.2 Å². The first-order valence-corrected chi connectivity index (χ1v) is 7.80. The molecule has 1 heterocycles. The minimum atomic E-state index is -0.0594. The third kappa shape index (κ3) is 3.58. The first kappa shape index (κ1) is 15.5. The van der Waals surface area contributed by atoms with Gasteiger partial charge in [0, 0.05) is 11.6 Å². The molecule has 2 nitrogen and oxygen atoms in total. The van der Waals surface area contributed by atoms with Crippen LogP contribution in [0.3, 0.4) is 0 Å². The second-order valence-corrected chi connectivity index (χ2v) is 6.01. The molecule has 112 valence electrons. The van der Waals surface area contributed by atoms with Crippen molar-refractivity contribution in [3.63, 3.8) is 0 Å². The van der Waals surface area contributed by atoms with Gasteiger partial charge in [-0.2, -0.15) is 0 Å². The Bertz CT molecular complexity index is 433. The molecule has 1 N–H and O–H groups in total. The molecule has 0 bridgehead atoms. The van der Waals surface area contributed by atoms with Crippen molar-refractivity contribution >= 4 is 0 Å². The lowest BCUT2D eigenvalue weighted by Gasteiger charge is -2.33. The topological polar surface area (TPSA) is 15.3 Å². The van der Waals surface area contributed by atoms with Crippen LogP contribution in [0.1, 0.15) is 43.4 Å². The van der Waals surface area contributed by atoms with E-state index in [0.717, 1.165) is 30.8 Å². The second kappa shape index (κ2) is 7.19. The van der Waals surface area contributed by atoms with Crippen LogP contribution in [0.2, 0.25) is 0 Å². The van der Waals surface area contributed by atoms with E-state index in [1.807, 2.05) is 19.1 Å². The molecule has 1 aromatic rings. The molecule has 1 saturated heterocycles. The minimum Gasteiger partial charge on any atom is -0.317 e. The Hall–Kier alpha value is -0.930. The maximum atomic E-state index is 14.3. The van der Waals surface area contributed by atoms with Gasteiger partial charge in [-0.15, -0.1) is 0 Å². The number of hydrogen-bond acceptors (Lipinski definition) is 2. The van der Waals surface area contributed by atoms with E-state index in [0.29, 0.717) is 5.92 Å². The van der Waals surface area contributed by atoms with Crippen LogP contribution in [0, 0.1) is 18.7 Å². The summed E-state index contributed by atoms with van der Waals surface area (Å²) in [6, 6.07) is 5.69. The average Bonchev–Trinajstić information content (AvgIpc) is 2.61. The fourth-order valence-electron chi connectivity index (χ4n) is 3.35.